The van der Waals surface area contributed by atoms with Crippen molar-refractivity contribution in [2.45, 2.75) is 52.2 Å². The molecule has 1 aromatic carbocycles. The number of likely N-dealkylation sites (tertiary alicyclic amines) is 1. The molecule has 0 N–H and O–H groups in total. The largest absolute Gasteiger partial charge is 0.444 e. The lowest BCUT2D eigenvalue weighted by molar-refractivity contribution is -0.385. The van der Waals surface area contributed by atoms with Crippen LogP contribution in [0.3, 0.4) is 0 Å². The number of anilines is 1. The number of nitrogens with zero attached hydrogens (tertiary/aromatic N) is 4. The lowest BCUT2D eigenvalue weighted by atomic mass is 9.95. The Balaban J connectivity index is 1.49. The summed E-state index contributed by atoms with van der Waals surface area (Å²) < 4.78 is 19.9. The van der Waals surface area contributed by atoms with Crippen molar-refractivity contribution in [3.05, 3.63) is 34.1 Å². The third-order valence-corrected chi connectivity index (χ3v) is 6.01. The zero-order valence-electron chi connectivity index (χ0n) is 18.8. The molecule has 2 saturated heterocycles. The van der Waals surface area contributed by atoms with Crippen LogP contribution < -0.4 is 4.90 Å². The van der Waals surface area contributed by atoms with Crippen LogP contribution >= 0.6 is 0 Å². The number of piperazine rings is 1. The van der Waals surface area contributed by atoms with Crippen LogP contribution in [0.5, 0.6) is 0 Å². The van der Waals surface area contributed by atoms with E-state index in [1.54, 1.807) is 4.90 Å². The first-order chi connectivity index (χ1) is 14.5. The standard InChI is InChI=1S/C22H33FN4O4/c1-16-14-26(20-6-5-18(27(29)30)13-19(20)23)12-11-25(16)15-17-7-9-24(10-8-17)21(28)31-22(2,3)4/h5-6,13,16-17H,7-12,14-15H2,1-4H3/t16-/m0/s1. The summed E-state index contributed by atoms with van der Waals surface area (Å²) >= 11 is 0. The molecule has 0 aliphatic carbocycles. The average molecular weight is 437 g/mol. The minimum atomic E-state index is -0.582. The summed E-state index contributed by atoms with van der Waals surface area (Å²) in [5.74, 6) is -0.0341. The number of nitro benzene ring substituents is 1. The molecule has 0 spiro atoms. The second-order valence-corrected chi connectivity index (χ2v) is 9.59. The maximum atomic E-state index is 14.4. The number of piperidine rings is 1. The monoisotopic (exact) mass is 436 g/mol. The first-order valence-corrected chi connectivity index (χ1v) is 10.9. The van der Waals surface area contributed by atoms with E-state index in [1.807, 2.05) is 25.7 Å². The fourth-order valence-electron chi connectivity index (χ4n) is 4.31. The summed E-state index contributed by atoms with van der Waals surface area (Å²) in [4.78, 5) is 28.7. The Hall–Kier alpha value is -2.42. The SMILES string of the molecule is C[C@H]1CN(c2ccc([N+](=O)[O-])cc2F)CCN1CC1CCN(C(=O)OC(C)(C)C)CC1. The molecule has 0 saturated carbocycles. The van der Waals surface area contributed by atoms with Crippen LogP contribution in [0.1, 0.15) is 40.5 Å². The number of rotatable bonds is 4. The Labute approximate surface area is 183 Å². The van der Waals surface area contributed by atoms with Crippen LogP contribution in [0, 0.1) is 21.8 Å². The number of halogens is 1. The molecule has 0 unspecified atom stereocenters. The third-order valence-electron chi connectivity index (χ3n) is 6.01. The molecule has 0 bridgehead atoms. The predicted octanol–water partition coefficient (Wildman–Crippen LogP) is 3.89. The van der Waals surface area contributed by atoms with Gasteiger partial charge in [-0.15, -0.1) is 0 Å². The molecule has 2 aliphatic heterocycles. The molecule has 31 heavy (non-hydrogen) atoms. The van der Waals surface area contributed by atoms with E-state index in [9.17, 15) is 19.3 Å². The molecule has 8 nitrogen and oxygen atoms in total. The van der Waals surface area contributed by atoms with Gasteiger partial charge in [0.05, 0.1) is 16.7 Å². The highest BCUT2D eigenvalue weighted by molar-refractivity contribution is 5.68. The predicted molar refractivity (Wildman–Crippen MR) is 117 cm³/mol. The Morgan fingerprint density at radius 1 is 1.23 bits per heavy atom. The minimum absolute atomic E-state index is 0.231. The molecule has 172 valence electrons. The van der Waals surface area contributed by atoms with Gasteiger partial charge in [0, 0.05) is 51.4 Å². The normalized spacial score (nSPS) is 21.3. The van der Waals surface area contributed by atoms with E-state index in [0.717, 1.165) is 32.0 Å². The van der Waals surface area contributed by atoms with E-state index in [4.69, 9.17) is 4.74 Å². The van der Waals surface area contributed by atoms with Gasteiger partial charge in [-0.05, 0) is 52.5 Å². The highest BCUT2D eigenvalue weighted by Gasteiger charge is 2.31. The van der Waals surface area contributed by atoms with Crippen molar-refractivity contribution < 1.29 is 18.8 Å². The summed E-state index contributed by atoms with van der Waals surface area (Å²) in [6, 6.07) is 4.09. The zero-order chi connectivity index (χ0) is 22.8. The summed E-state index contributed by atoms with van der Waals surface area (Å²) in [6.07, 6.45) is 1.66. The van der Waals surface area contributed by atoms with E-state index in [1.165, 1.54) is 12.1 Å². The minimum Gasteiger partial charge on any atom is -0.444 e. The number of benzene rings is 1. The number of carbonyl (C=O) groups excluding carboxylic acids is 1. The molecule has 2 heterocycles. The van der Waals surface area contributed by atoms with Crippen molar-refractivity contribution in [1.82, 2.24) is 9.80 Å². The topological polar surface area (TPSA) is 79.2 Å². The molecule has 2 aliphatic rings. The van der Waals surface area contributed by atoms with Crippen molar-refractivity contribution in [2.75, 3.05) is 44.2 Å². The van der Waals surface area contributed by atoms with Gasteiger partial charge in [-0.2, -0.15) is 0 Å². The van der Waals surface area contributed by atoms with Crippen molar-refractivity contribution in [1.29, 1.82) is 0 Å². The molecule has 1 amide bonds. The number of amides is 1. The van der Waals surface area contributed by atoms with Gasteiger partial charge < -0.3 is 14.5 Å². The first-order valence-electron chi connectivity index (χ1n) is 10.9. The number of nitro groups is 1. The summed E-state index contributed by atoms with van der Waals surface area (Å²) in [5.41, 5.74) is -0.292. The average Bonchev–Trinajstić information content (AvgIpc) is 2.68. The quantitative estimate of drug-likeness (QED) is 0.526. The van der Waals surface area contributed by atoms with Crippen LogP contribution in [0.2, 0.25) is 0 Å². The molecule has 0 aromatic heterocycles. The summed E-state index contributed by atoms with van der Waals surface area (Å²) in [7, 11) is 0. The Bertz CT molecular complexity index is 805. The number of hydrogen-bond acceptors (Lipinski definition) is 6. The van der Waals surface area contributed by atoms with E-state index in [0.29, 0.717) is 37.8 Å². The molecular weight excluding hydrogens is 403 g/mol. The molecule has 1 atom stereocenters. The second-order valence-electron chi connectivity index (χ2n) is 9.59. The fourth-order valence-corrected chi connectivity index (χ4v) is 4.31. The Kier molecular flexibility index (Phi) is 7.03. The number of carbonyl (C=O) groups is 1. The maximum Gasteiger partial charge on any atom is 0.410 e. The van der Waals surface area contributed by atoms with Crippen molar-refractivity contribution in [3.63, 3.8) is 0 Å². The lowest BCUT2D eigenvalue weighted by Crippen LogP contribution is -2.54. The van der Waals surface area contributed by atoms with Crippen LogP contribution in [0.15, 0.2) is 18.2 Å². The second kappa shape index (κ2) is 9.38. The maximum absolute atomic E-state index is 14.4. The van der Waals surface area contributed by atoms with Crippen molar-refractivity contribution >= 4 is 17.5 Å². The Morgan fingerprint density at radius 2 is 1.90 bits per heavy atom. The van der Waals surface area contributed by atoms with E-state index < -0.39 is 16.3 Å². The molecule has 0 radical (unpaired) electrons. The smallest absolute Gasteiger partial charge is 0.410 e. The van der Waals surface area contributed by atoms with Gasteiger partial charge in [0.25, 0.3) is 5.69 Å². The molecule has 3 rings (SSSR count). The van der Waals surface area contributed by atoms with Crippen molar-refractivity contribution in [3.8, 4) is 0 Å². The van der Waals surface area contributed by atoms with Gasteiger partial charge in [-0.25, -0.2) is 9.18 Å². The molecular formula is C22H33FN4O4. The van der Waals surface area contributed by atoms with Crippen LogP contribution in [-0.4, -0.2) is 71.7 Å². The zero-order valence-corrected chi connectivity index (χ0v) is 18.8. The summed E-state index contributed by atoms with van der Waals surface area (Å²) in [5, 5.41) is 10.8. The van der Waals surface area contributed by atoms with Crippen LogP contribution in [0.4, 0.5) is 20.6 Å². The van der Waals surface area contributed by atoms with E-state index in [2.05, 4.69) is 11.8 Å². The van der Waals surface area contributed by atoms with Crippen LogP contribution in [0.25, 0.3) is 0 Å². The van der Waals surface area contributed by atoms with Gasteiger partial charge in [0.2, 0.25) is 0 Å². The van der Waals surface area contributed by atoms with Gasteiger partial charge >= 0.3 is 6.09 Å². The molecule has 9 heteroatoms. The van der Waals surface area contributed by atoms with Crippen molar-refractivity contribution in [2.24, 2.45) is 5.92 Å². The van der Waals surface area contributed by atoms with Gasteiger partial charge in [0.1, 0.15) is 5.60 Å². The molecule has 2 fully saturated rings. The van der Waals surface area contributed by atoms with Gasteiger partial charge in [0.15, 0.2) is 5.82 Å². The third kappa shape index (κ3) is 6.06. The number of ether oxygens (including phenoxy) is 1. The lowest BCUT2D eigenvalue weighted by Gasteiger charge is -2.43. The van der Waals surface area contributed by atoms with Gasteiger partial charge in [-0.3, -0.25) is 15.0 Å². The number of non-ortho nitro benzene ring substituents is 1. The fraction of sp³-hybridized carbons (Fsp3) is 0.682. The van der Waals surface area contributed by atoms with E-state index >= 15 is 0 Å². The van der Waals surface area contributed by atoms with Gasteiger partial charge in [-0.1, -0.05) is 0 Å². The van der Waals surface area contributed by atoms with Crippen LogP contribution in [-0.2, 0) is 4.74 Å². The highest BCUT2D eigenvalue weighted by Crippen LogP contribution is 2.27. The first kappa shape index (κ1) is 23.2. The number of hydrogen-bond donors (Lipinski definition) is 0. The molecule has 1 aromatic rings. The summed E-state index contributed by atoms with van der Waals surface area (Å²) in [6.45, 7) is 12.3. The highest BCUT2D eigenvalue weighted by atomic mass is 19.1. The Morgan fingerprint density at radius 3 is 2.45 bits per heavy atom. The van der Waals surface area contributed by atoms with E-state index in [-0.39, 0.29) is 17.8 Å².